The van der Waals surface area contributed by atoms with Crippen LogP contribution in [-0.2, 0) is 16.0 Å². The molecule has 0 aliphatic carbocycles. The van der Waals surface area contributed by atoms with Gasteiger partial charge in [0.2, 0.25) is 0 Å². The fraction of sp³-hybridized carbons (Fsp3) is 0.321. The van der Waals surface area contributed by atoms with E-state index in [1.165, 1.54) is 0 Å². The van der Waals surface area contributed by atoms with Crippen LogP contribution in [0.25, 0.3) is 0 Å². The number of aromatic nitrogens is 1. The van der Waals surface area contributed by atoms with Crippen molar-refractivity contribution in [2.75, 3.05) is 11.4 Å². The molecule has 0 radical (unpaired) electrons. The van der Waals surface area contributed by atoms with Gasteiger partial charge in [-0.2, -0.15) is 0 Å². The number of pyridine rings is 1. The molecule has 0 saturated heterocycles. The minimum atomic E-state index is -0.901. The van der Waals surface area contributed by atoms with Gasteiger partial charge in [0.25, 0.3) is 5.91 Å². The minimum absolute atomic E-state index is 0.240. The highest BCUT2D eigenvalue weighted by Gasteiger charge is 2.30. The molecule has 3 rings (SSSR count). The first-order valence-electron chi connectivity index (χ1n) is 11.5. The van der Waals surface area contributed by atoms with Crippen molar-refractivity contribution in [1.29, 1.82) is 0 Å². The summed E-state index contributed by atoms with van der Waals surface area (Å²) in [6.07, 6.45) is 1.68. The number of hydrogen-bond acceptors (Lipinski definition) is 4. The second kappa shape index (κ2) is 11.0. The molecular weight excluding hydrogens is 426 g/mol. The van der Waals surface area contributed by atoms with Gasteiger partial charge in [0.1, 0.15) is 11.6 Å². The first kappa shape index (κ1) is 25.0. The molecule has 3 aromatic rings. The summed E-state index contributed by atoms with van der Waals surface area (Å²) in [5.74, 6) is -0.240. The minimum Gasteiger partial charge on any atom is -0.444 e. The third-order valence-corrected chi connectivity index (χ3v) is 5.43. The van der Waals surface area contributed by atoms with Crippen LogP contribution in [0.15, 0.2) is 72.9 Å². The van der Waals surface area contributed by atoms with E-state index in [-0.39, 0.29) is 5.91 Å². The number of amides is 2. The first-order valence-corrected chi connectivity index (χ1v) is 11.5. The van der Waals surface area contributed by atoms with E-state index >= 15 is 0 Å². The maximum Gasteiger partial charge on any atom is 0.408 e. The summed E-state index contributed by atoms with van der Waals surface area (Å²) in [5.41, 5.74) is 3.90. The zero-order valence-electron chi connectivity index (χ0n) is 20.5. The van der Waals surface area contributed by atoms with Gasteiger partial charge in [-0.15, -0.1) is 0 Å². The number of aryl methyl sites for hydroxylation is 2. The predicted octanol–water partition coefficient (Wildman–Crippen LogP) is 5.54. The number of carbonyl (C=O) groups excluding carboxylic acids is 2. The van der Waals surface area contributed by atoms with Crippen molar-refractivity contribution in [1.82, 2.24) is 10.3 Å². The van der Waals surface area contributed by atoms with Crippen molar-refractivity contribution in [2.45, 2.75) is 52.7 Å². The zero-order chi connectivity index (χ0) is 24.7. The zero-order valence-corrected chi connectivity index (χ0v) is 20.5. The summed E-state index contributed by atoms with van der Waals surface area (Å²) in [6, 6.07) is 20.0. The largest absolute Gasteiger partial charge is 0.444 e. The lowest BCUT2D eigenvalue weighted by Crippen LogP contribution is -2.45. The van der Waals surface area contributed by atoms with Crippen molar-refractivity contribution < 1.29 is 14.3 Å². The number of ether oxygens (including phenoxy) is 1. The molecule has 2 amide bonds. The summed E-state index contributed by atoms with van der Waals surface area (Å²) in [5, 5.41) is 2.80. The second-order valence-corrected chi connectivity index (χ2v) is 9.32. The Kier molecular flexibility index (Phi) is 8.05. The molecule has 2 aromatic carbocycles. The Hall–Kier alpha value is -3.67. The Balaban J connectivity index is 1.96. The molecule has 1 heterocycles. The molecule has 0 bridgehead atoms. The van der Waals surface area contributed by atoms with Crippen LogP contribution >= 0.6 is 0 Å². The Bertz CT molecular complexity index is 1110. The third kappa shape index (κ3) is 6.91. The van der Waals surface area contributed by atoms with Gasteiger partial charge in [-0.1, -0.05) is 42.5 Å². The van der Waals surface area contributed by atoms with Crippen molar-refractivity contribution in [3.63, 3.8) is 0 Å². The van der Waals surface area contributed by atoms with Crippen molar-refractivity contribution in [3.05, 3.63) is 95.3 Å². The molecule has 0 fully saturated rings. The van der Waals surface area contributed by atoms with E-state index in [1.807, 2.05) is 80.6 Å². The third-order valence-electron chi connectivity index (χ3n) is 5.43. The Labute approximate surface area is 202 Å². The lowest BCUT2D eigenvalue weighted by atomic mass is 10.0. The van der Waals surface area contributed by atoms with Gasteiger partial charge in [-0.3, -0.25) is 9.78 Å². The van der Waals surface area contributed by atoms with Gasteiger partial charge in [0, 0.05) is 30.5 Å². The molecule has 34 heavy (non-hydrogen) atoms. The predicted molar refractivity (Wildman–Crippen MR) is 135 cm³/mol. The Morgan fingerprint density at radius 1 is 0.971 bits per heavy atom. The number of anilines is 1. The van der Waals surface area contributed by atoms with Crippen LogP contribution in [0.1, 0.15) is 49.2 Å². The fourth-order valence-electron chi connectivity index (χ4n) is 3.55. The van der Waals surface area contributed by atoms with Crippen LogP contribution in [0.3, 0.4) is 0 Å². The van der Waals surface area contributed by atoms with Crippen molar-refractivity contribution in [2.24, 2.45) is 0 Å². The van der Waals surface area contributed by atoms with Gasteiger partial charge in [-0.05, 0) is 75.6 Å². The molecule has 1 N–H and O–H groups in total. The highest BCUT2D eigenvalue weighted by Crippen LogP contribution is 2.25. The van der Waals surface area contributed by atoms with E-state index in [9.17, 15) is 9.59 Å². The standard InChI is InChI=1S/C28H33N3O3/c1-20-14-15-24(19-21(20)2)31(18-16-23-13-9-10-17-29-23)26(32)25(22-11-7-6-8-12-22)30-27(33)34-28(3,4)5/h6-15,17,19,25H,16,18H2,1-5H3,(H,30,33). The van der Waals surface area contributed by atoms with E-state index < -0.39 is 17.7 Å². The molecule has 1 unspecified atom stereocenters. The summed E-state index contributed by atoms with van der Waals surface area (Å²) >= 11 is 0. The maximum absolute atomic E-state index is 14.0. The molecule has 6 nitrogen and oxygen atoms in total. The Morgan fingerprint density at radius 3 is 2.29 bits per heavy atom. The van der Waals surface area contributed by atoms with Crippen LogP contribution in [0.4, 0.5) is 10.5 Å². The normalized spacial score (nSPS) is 12.0. The van der Waals surface area contributed by atoms with E-state index in [2.05, 4.69) is 10.3 Å². The van der Waals surface area contributed by atoms with Crippen LogP contribution in [0, 0.1) is 13.8 Å². The van der Waals surface area contributed by atoms with Crippen LogP contribution in [0.2, 0.25) is 0 Å². The smallest absolute Gasteiger partial charge is 0.408 e. The summed E-state index contributed by atoms with van der Waals surface area (Å²) < 4.78 is 5.46. The fourth-order valence-corrected chi connectivity index (χ4v) is 3.55. The van der Waals surface area contributed by atoms with Crippen molar-refractivity contribution in [3.8, 4) is 0 Å². The number of nitrogens with one attached hydrogen (secondary N) is 1. The number of alkyl carbamates (subject to hydrolysis) is 1. The quantitative estimate of drug-likeness (QED) is 0.504. The van der Waals surface area contributed by atoms with E-state index in [0.29, 0.717) is 18.5 Å². The molecule has 0 spiro atoms. The molecule has 1 atom stereocenters. The van der Waals surface area contributed by atoms with E-state index in [4.69, 9.17) is 4.74 Å². The van der Waals surface area contributed by atoms with Crippen LogP contribution in [-0.4, -0.2) is 29.1 Å². The van der Waals surface area contributed by atoms with Gasteiger partial charge < -0.3 is 15.0 Å². The molecule has 0 aliphatic rings. The molecule has 0 saturated carbocycles. The average Bonchev–Trinajstić information content (AvgIpc) is 2.80. The molecule has 178 valence electrons. The van der Waals surface area contributed by atoms with E-state index in [1.54, 1.807) is 31.9 Å². The number of benzene rings is 2. The Morgan fingerprint density at radius 2 is 1.68 bits per heavy atom. The van der Waals surface area contributed by atoms with Crippen LogP contribution in [0.5, 0.6) is 0 Å². The van der Waals surface area contributed by atoms with Gasteiger partial charge >= 0.3 is 6.09 Å². The van der Waals surface area contributed by atoms with Crippen molar-refractivity contribution >= 4 is 17.7 Å². The molecule has 1 aromatic heterocycles. The SMILES string of the molecule is Cc1ccc(N(CCc2ccccn2)C(=O)C(NC(=O)OC(C)(C)C)c2ccccc2)cc1C. The van der Waals surface area contributed by atoms with Gasteiger partial charge in [0.15, 0.2) is 0 Å². The molecular formula is C28H33N3O3. The highest BCUT2D eigenvalue weighted by molar-refractivity contribution is 5.99. The summed E-state index contributed by atoms with van der Waals surface area (Å²) in [7, 11) is 0. The monoisotopic (exact) mass is 459 g/mol. The summed E-state index contributed by atoms with van der Waals surface area (Å²) in [6.45, 7) is 9.85. The second-order valence-electron chi connectivity index (χ2n) is 9.32. The molecule has 6 heteroatoms. The first-order chi connectivity index (χ1) is 16.1. The summed E-state index contributed by atoms with van der Waals surface area (Å²) in [4.78, 5) is 32.8. The lowest BCUT2D eigenvalue weighted by molar-refractivity contribution is -0.120. The van der Waals surface area contributed by atoms with E-state index in [0.717, 1.165) is 22.5 Å². The number of nitrogens with zero attached hydrogens (tertiary/aromatic N) is 2. The lowest BCUT2D eigenvalue weighted by Gasteiger charge is -2.29. The topological polar surface area (TPSA) is 71.5 Å². The molecule has 0 aliphatic heterocycles. The maximum atomic E-state index is 14.0. The van der Waals surface area contributed by atoms with Crippen LogP contribution < -0.4 is 10.2 Å². The highest BCUT2D eigenvalue weighted by atomic mass is 16.6. The van der Waals surface area contributed by atoms with Gasteiger partial charge in [0.05, 0.1) is 0 Å². The van der Waals surface area contributed by atoms with Gasteiger partial charge in [-0.25, -0.2) is 4.79 Å². The number of carbonyl (C=O) groups is 2. The number of rotatable bonds is 7. The average molecular weight is 460 g/mol. The number of hydrogen-bond donors (Lipinski definition) is 1.